The van der Waals surface area contributed by atoms with Crippen LogP contribution >= 0.6 is 0 Å². The lowest BCUT2D eigenvalue weighted by Crippen LogP contribution is -2.66. The Morgan fingerprint density at radius 3 is 2.17 bits per heavy atom. The second-order valence-corrected chi connectivity index (χ2v) is 8.61. The molecule has 0 bridgehead atoms. The summed E-state index contributed by atoms with van der Waals surface area (Å²) in [5.41, 5.74) is 0.844. The molecule has 1 saturated carbocycles. The minimum absolute atomic E-state index is 0.194. The number of urea groups is 1. The first kappa shape index (κ1) is 24.7. The monoisotopic (exact) mass is 482 g/mol. The van der Waals surface area contributed by atoms with Gasteiger partial charge in [-0.3, -0.25) is 9.59 Å². The number of fused-ring (bicyclic) bond motifs is 1. The topological polar surface area (TPSA) is 94.6 Å². The fourth-order valence-electron chi connectivity index (χ4n) is 5.00. The maximum Gasteiger partial charge on any atom is 0.332 e. The highest BCUT2D eigenvalue weighted by Crippen LogP contribution is 2.38. The Morgan fingerprint density at radius 2 is 1.54 bits per heavy atom. The number of ether oxygens (including phenoxy) is 4. The maximum atomic E-state index is 13.7. The minimum atomic E-state index is -0.526. The van der Waals surface area contributed by atoms with Crippen LogP contribution in [0.5, 0.6) is 11.5 Å². The van der Waals surface area contributed by atoms with Gasteiger partial charge in [0.25, 0.3) is 0 Å². The van der Waals surface area contributed by atoms with E-state index in [0.717, 1.165) is 0 Å². The molecular weight excluding hydrogens is 452 g/mol. The van der Waals surface area contributed by atoms with Gasteiger partial charge in [-0.1, -0.05) is 18.2 Å². The number of benzene rings is 2. The summed E-state index contributed by atoms with van der Waals surface area (Å²) in [6.45, 7) is -0.194. The molecule has 3 amide bonds. The molecule has 0 aromatic heterocycles. The molecule has 4 unspecified atom stereocenters. The Labute approximate surface area is 204 Å². The number of ketones is 1. The second kappa shape index (κ2) is 10.5. The van der Waals surface area contributed by atoms with Gasteiger partial charge in [0.1, 0.15) is 0 Å². The Balaban J connectivity index is 1.69. The molecule has 2 aromatic carbocycles. The van der Waals surface area contributed by atoms with Crippen molar-refractivity contribution in [3.05, 3.63) is 54.1 Å². The Morgan fingerprint density at radius 1 is 0.886 bits per heavy atom. The number of hydrogen-bond donors (Lipinski definition) is 0. The van der Waals surface area contributed by atoms with Crippen LogP contribution < -0.4 is 14.4 Å². The largest absolute Gasteiger partial charge is 0.493 e. The molecule has 0 N–H and O–H groups in total. The molecule has 1 heterocycles. The van der Waals surface area contributed by atoms with Gasteiger partial charge in [-0.05, 0) is 43.2 Å². The number of nitrogens with zero attached hydrogens (tertiary/aromatic N) is 2. The van der Waals surface area contributed by atoms with Gasteiger partial charge >= 0.3 is 6.03 Å². The number of amides is 3. The zero-order valence-electron chi connectivity index (χ0n) is 20.3. The van der Waals surface area contributed by atoms with E-state index < -0.39 is 18.0 Å². The summed E-state index contributed by atoms with van der Waals surface area (Å²) in [6, 6.07) is 12.6. The zero-order valence-corrected chi connectivity index (χ0v) is 20.3. The molecule has 35 heavy (non-hydrogen) atoms. The number of rotatable bonds is 8. The Bertz CT molecular complexity index is 1090. The summed E-state index contributed by atoms with van der Waals surface area (Å²) in [7, 11) is 6.18. The summed E-state index contributed by atoms with van der Waals surface area (Å²) in [4.78, 5) is 43.3. The lowest BCUT2D eigenvalue weighted by Gasteiger charge is -2.49. The van der Waals surface area contributed by atoms with Crippen molar-refractivity contribution >= 4 is 23.4 Å². The highest BCUT2D eigenvalue weighted by Gasteiger charge is 2.52. The van der Waals surface area contributed by atoms with Crippen LogP contribution in [0.3, 0.4) is 0 Å². The summed E-state index contributed by atoms with van der Waals surface area (Å²) in [5.74, 6) is -0.175. The van der Waals surface area contributed by atoms with Crippen molar-refractivity contribution in [2.45, 2.75) is 31.1 Å². The van der Waals surface area contributed by atoms with Crippen LogP contribution in [0.2, 0.25) is 0 Å². The number of imide groups is 1. The summed E-state index contributed by atoms with van der Waals surface area (Å²) in [5, 5.41) is 0. The molecule has 186 valence electrons. The first-order valence-electron chi connectivity index (χ1n) is 11.4. The highest BCUT2D eigenvalue weighted by atomic mass is 16.5. The molecule has 1 aliphatic heterocycles. The first-order valence-corrected chi connectivity index (χ1v) is 11.4. The molecule has 1 saturated heterocycles. The quantitative estimate of drug-likeness (QED) is 0.534. The van der Waals surface area contributed by atoms with Crippen molar-refractivity contribution in [2.24, 2.45) is 5.92 Å². The molecule has 4 rings (SSSR count). The van der Waals surface area contributed by atoms with E-state index in [1.807, 2.05) is 6.07 Å². The molecular formula is C26H30N2O7. The molecule has 2 aromatic rings. The van der Waals surface area contributed by atoms with Crippen LogP contribution in [0.25, 0.3) is 0 Å². The van der Waals surface area contributed by atoms with Crippen LogP contribution in [-0.2, 0) is 14.3 Å². The van der Waals surface area contributed by atoms with Gasteiger partial charge in [0, 0.05) is 25.8 Å². The van der Waals surface area contributed by atoms with Crippen LogP contribution in [0.15, 0.2) is 48.5 Å². The summed E-state index contributed by atoms with van der Waals surface area (Å²) < 4.78 is 21.8. The summed E-state index contributed by atoms with van der Waals surface area (Å²) in [6.07, 6.45) is 0.179. The van der Waals surface area contributed by atoms with Crippen LogP contribution in [-0.4, -0.2) is 75.9 Å². The third-order valence-corrected chi connectivity index (χ3v) is 6.85. The van der Waals surface area contributed by atoms with Gasteiger partial charge in [0.15, 0.2) is 17.3 Å². The average Bonchev–Trinajstić information content (AvgIpc) is 2.90. The van der Waals surface area contributed by atoms with Crippen LogP contribution in [0.4, 0.5) is 10.5 Å². The van der Waals surface area contributed by atoms with Gasteiger partial charge in [-0.25, -0.2) is 9.69 Å². The number of anilines is 1. The number of carbonyl (C=O) groups excluding carboxylic acids is 3. The van der Waals surface area contributed by atoms with Crippen LogP contribution in [0.1, 0.15) is 23.2 Å². The van der Waals surface area contributed by atoms with E-state index in [1.165, 1.54) is 24.0 Å². The highest BCUT2D eigenvalue weighted by molar-refractivity contribution is 6.18. The van der Waals surface area contributed by atoms with Crippen molar-refractivity contribution in [2.75, 3.05) is 39.9 Å². The number of methoxy groups -OCH3 is 4. The molecule has 4 atom stereocenters. The van der Waals surface area contributed by atoms with Crippen molar-refractivity contribution in [1.29, 1.82) is 0 Å². The number of hydrogen-bond acceptors (Lipinski definition) is 7. The first-order chi connectivity index (χ1) is 16.9. The van der Waals surface area contributed by atoms with Crippen molar-refractivity contribution in [3.8, 4) is 11.5 Å². The van der Waals surface area contributed by atoms with Gasteiger partial charge < -0.3 is 23.8 Å². The van der Waals surface area contributed by atoms with Crippen LogP contribution in [0, 0.1) is 5.92 Å². The smallest absolute Gasteiger partial charge is 0.332 e. The molecule has 9 nitrogen and oxygen atoms in total. The third kappa shape index (κ3) is 4.61. The predicted molar refractivity (Wildman–Crippen MR) is 128 cm³/mol. The number of carbonyl (C=O) groups is 3. The van der Waals surface area contributed by atoms with Crippen molar-refractivity contribution in [1.82, 2.24) is 4.90 Å². The van der Waals surface area contributed by atoms with E-state index in [9.17, 15) is 14.4 Å². The van der Waals surface area contributed by atoms with E-state index in [-0.39, 0.29) is 30.4 Å². The van der Waals surface area contributed by atoms with Gasteiger partial charge in [0.05, 0.1) is 44.6 Å². The van der Waals surface area contributed by atoms with E-state index in [2.05, 4.69) is 0 Å². The fraction of sp³-hybridized carbons (Fsp3) is 0.423. The van der Waals surface area contributed by atoms with Crippen molar-refractivity contribution < 1.29 is 33.3 Å². The molecule has 2 aliphatic rings. The van der Waals surface area contributed by atoms with E-state index in [0.29, 0.717) is 35.6 Å². The number of Topliss-reactive ketones (excluding diaryl/α,β-unsaturated/α-hetero) is 1. The normalized spacial score (nSPS) is 24.2. The van der Waals surface area contributed by atoms with Gasteiger partial charge in [-0.15, -0.1) is 0 Å². The SMILES string of the molecule is COc1ccc(C(=O)CN2C(=O)N(c3ccccc3)C(=O)C3CC(OC)C(OC)CC32)cc1OC. The van der Waals surface area contributed by atoms with E-state index in [4.69, 9.17) is 18.9 Å². The van der Waals surface area contributed by atoms with E-state index >= 15 is 0 Å². The Kier molecular flexibility index (Phi) is 7.37. The summed E-state index contributed by atoms with van der Waals surface area (Å²) >= 11 is 0. The van der Waals surface area contributed by atoms with Crippen molar-refractivity contribution in [3.63, 3.8) is 0 Å². The predicted octanol–water partition coefficient (Wildman–Crippen LogP) is 3.16. The van der Waals surface area contributed by atoms with Gasteiger partial charge in [-0.2, -0.15) is 0 Å². The average molecular weight is 483 g/mol. The fourth-order valence-corrected chi connectivity index (χ4v) is 5.00. The molecule has 9 heteroatoms. The molecule has 0 radical (unpaired) electrons. The third-order valence-electron chi connectivity index (χ3n) is 6.85. The zero-order chi connectivity index (χ0) is 25.1. The molecule has 2 fully saturated rings. The maximum absolute atomic E-state index is 13.7. The molecule has 1 aliphatic carbocycles. The standard InChI is InChI=1S/C26H30N2O7/c1-32-21-11-10-16(12-22(21)33-2)20(29)15-27-19-14-24(35-4)23(34-3)13-18(19)25(30)28(26(27)31)17-8-6-5-7-9-17/h5-12,18-19,23-24H,13-15H2,1-4H3. The number of para-hydroxylation sites is 1. The van der Waals surface area contributed by atoms with Gasteiger partial charge in [0.2, 0.25) is 5.91 Å². The minimum Gasteiger partial charge on any atom is -0.493 e. The lowest BCUT2D eigenvalue weighted by molar-refractivity contribution is -0.137. The lowest BCUT2D eigenvalue weighted by atomic mass is 9.77. The molecule has 0 spiro atoms. The Hall–Kier alpha value is -3.43. The second-order valence-electron chi connectivity index (χ2n) is 8.61. The van der Waals surface area contributed by atoms with E-state index in [1.54, 1.807) is 56.7 Å².